The van der Waals surface area contributed by atoms with Crippen molar-refractivity contribution in [1.29, 1.82) is 0 Å². The molecule has 0 aliphatic heterocycles. The molecular weight excluding hydrogens is 219 g/mol. The van der Waals surface area contributed by atoms with Crippen LogP contribution in [0.4, 0.5) is 13.2 Å². The van der Waals surface area contributed by atoms with Gasteiger partial charge < -0.3 is 5.73 Å². The highest BCUT2D eigenvalue weighted by Crippen LogP contribution is 2.33. The molecule has 0 aliphatic carbocycles. The van der Waals surface area contributed by atoms with Gasteiger partial charge in [-0.3, -0.25) is 5.10 Å². The maximum atomic E-state index is 12.6. The molecule has 0 spiro atoms. The number of aromatic amines is 1. The zero-order valence-corrected chi connectivity index (χ0v) is 8.30. The number of benzene rings is 1. The van der Waals surface area contributed by atoms with Crippen LogP contribution < -0.4 is 5.73 Å². The number of rotatable bonds is 2. The minimum absolute atomic E-state index is 0.0958. The molecule has 1 aromatic carbocycles. The Labute approximate surface area is 89.4 Å². The number of halogens is 3. The fraction of sp³-hybridized carbons (Fsp3) is 0.300. The lowest BCUT2D eigenvalue weighted by Crippen LogP contribution is -2.06. The predicted molar refractivity (Wildman–Crippen MR) is 53.9 cm³/mol. The standard InChI is InChI=1S/C10H10F3N3/c11-10(12,13)9-7-5-6(3-4-14)1-2-8(7)15-16-9/h1-2,5H,3-4,14H2,(H,15,16). The Morgan fingerprint density at radius 3 is 2.69 bits per heavy atom. The average molecular weight is 229 g/mol. The number of H-pyrrole nitrogens is 1. The highest BCUT2D eigenvalue weighted by molar-refractivity contribution is 5.82. The molecule has 1 aromatic heterocycles. The number of hydrogen-bond acceptors (Lipinski definition) is 2. The Bertz CT molecular complexity index is 501. The largest absolute Gasteiger partial charge is 0.433 e. The van der Waals surface area contributed by atoms with Gasteiger partial charge in [0.1, 0.15) is 5.69 Å². The SMILES string of the molecule is NCCc1ccc2n[nH]c(C(F)(F)F)c2c1. The summed E-state index contributed by atoms with van der Waals surface area (Å²) in [5.41, 5.74) is 5.65. The van der Waals surface area contributed by atoms with E-state index in [1.807, 2.05) is 5.10 Å². The molecule has 2 rings (SSSR count). The van der Waals surface area contributed by atoms with E-state index in [0.29, 0.717) is 18.5 Å². The number of fused-ring (bicyclic) bond motifs is 1. The summed E-state index contributed by atoms with van der Waals surface area (Å²) in [6, 6.07) is 4.77. The molecule has 0 aliphatic rings. The van der Waals surface area contributed by atoms with Gasteiger partial charge in [-0.2, -0.15) is 18.3 Å². The first-order chi connectivity index (χ1) is 7.52. The molecule has 3 nitrogen and oxygen atoms in total. The van der Waals surface area contributed by atoms with Gasteiger partial charge in [0.15, 0.2) is 0 Å². The lowest BCUT2D eigenvalue weighted by Gasteiger charge is -2.04. The highest BCUT2D eigenvalue weighted by Gasteiger charge is 2.34. The molecule has 1 heterocycles. The summed E-state index contributed by atoms with van der Waals surface area (Å²) >= 11 is 0. The molecule has 0 saturated heterocycles. The van der Waals surface area contributed by atoms with E-state index in [4.69, 9.17) is 5.73 Å². The third-order valence-corrected chi connectivity index (χ3v) is 2.33. The van der Waals surface area contributed by atoms with Gasteiger partial charge in [0.25, 0.3) is 0 Å². The Kier molecular flexibility index (Phi) is 2.59. The molecule has 0 amide bonds. The second kappa shape index (κ2) is 3.79. The Morgan fingerprint density at radius 1 is 1.31 bits per heavy atom. The van der Waals surface area contributed by atoms with Gasteiger partial charge in [-0.15, -0.1) is 0 Å². The van der Waals surface area contributed by atoms with Crippen LogP contribution in [-0.2, 0) is 12.6 Å². The lowest BCUT2D eigenvalue weighted by molar-refractivity contribution is -0.139. The number of hydrogen-bond donors (Lipinski definition) is 2. The highest BCUT2D eigenvalue weighted by atomic mass is 19.4. The third kappa shape index (κ3) is 1.88. The van der Waals surface area contributed by atoms with E-state index in [-0.39, 0.29) is 5.39 Å². The molecule has 0 radical (unpaired) electrons. The van der Waals surface area contributed by atoms with Crippen LogP contribution in [0, 0.1) is 0 Å². The molecule has 0 bridgehead atoms. The second-order valence-corrected chi connectivity index (χ2v) is 3.49. The van der Waals surface area contributed by atoms with E-state index in [1.54, 1.807) is 12.1 Å². The van der Waals surface area contributed by atoms with Crippen LogP contribution in [0.2, 0.25) is 0 Å². The molecule has 86 valence electrons. The van der Waals surface area contributed by atoms with Crippen LogP contribution in [0.1, 0.15) is 11.3 Å². The molecule has 6 heteroatoms. The van der Waals surface area contributed by atoms with Gasteiger partial charge in [0, 0.05) is 5.39 Å². The van der Waals surface area contributed by atoms with Crippen LogP contribution in [-0.4, -0.2) is 16.7 Å². The quantitative estimate of drug-likeness (QED) is 0.828. The molecule has 3 N–H and O–H groups in total. The maximum absolute atomic E-state index is 12.6. The van der Waals surface area contributed by atoms with Gasteiger partial charge in [0.05, 0.1) is 5.52 Å². The molecule has 16 heavy (non-hydrogen) atoms. The normalized spacial score (nSPS) is 12.2. The fourth-order valence-electron chi connectivity index (χ4n) is 1.60. The van der Waals surface area contributed by atoms with E-state index in [1.165, 1.54) is 6.07 Å². The zero-order valence-electron chi connectivity index (χ0n) is 8.30. The number of nitrogens with two attached hydrogens (primary N) is 1. The molecule has 0 fully saturated rings. The van der Waals surface area contributed by atoms with Gasteiger partial charge in [-0.25, -0.2) is 0 Å². The zero-order chi connectivity index (χ0) is 11.8. The second-order valence-electron chi connectivity index (χ2n) is 3.49. The molecular formula is C10H10F3N3. The van der Waals surface area contributed by atoms with Gasteiger partial charge in [-0.05, 0) is 30.7 Å². The van der Waals surface area contributed by atoms with Crippen LogP contribution in [0.5, 0.6) is 0 Å². The maximum Gasteiger partial charge on any atom is 0.433 e. The van der Waals surface area contributed by atoms with Crippen molar-refractivity contribution in [3.63, 3.8) is 0 Å². The summed E-state index contributed by atoms with van der Waals surface area (Å²) in [6.45, 7) is 0.407. The van der Waals surface area contributed by atoms with Crippen LogP contribution in [0.25, 0.3) is 10.9 Å². The summed E-state index contributed by atoms with van der Waals surface area (Å²) in [5, 5.41) is 5.72. The van der Waals surface area contributed by atoms with E-state index in [0.717, 1.165) is 5.56 Å². The Balaban J connectivity index is 2.56. The minimum Gasteiger partial charge on any atom is -0.330 e. The number of nitrogens with one attached hydrogen (secondary N) is 1. The summed E-state index contributed by atoms with van der Waals surface area (Å²) in [6.07, 6.45) is -3.85. The number of nitrogens with zero attached hydrogens (tertiary/aromatic N) is 1. The first-order valence-corrected chi connectivity index (χ1v) is 4.76. The minimum atomic E-state index is -4.41. The Hall–Kier alpha value is -1.56. The first-order valence-electron chi connectivity index (χ1n) is 4.76. The summed E-state index contributed by atoms with van der Waals surface area (Å²) in [4.78, 5) is 0. The number of alkyl halides is 3. The van der Waals surface area contributed by atoms with Crippen molar-refractivity contribution in [3.05, 3.63) is 29.5 Å². The van der Waals surface area contributed by atoms with E-state index in [2.05, 4.69) is 5.10 Å². The number of aromatic nitrogens is 2. The first kappa shape index (κ1) is 10.9. The fourth-order valence-corrected chi connectivity index (χ4v) is 1.60. The van der Waals surface area contributed by atoms with E-state index in [9.17, 15) is 13.2 Å². The average Bonchev–Trinajstić information content (AvgIpc) is 2.60. The van der Waals surface area contributed by atoms with Crippen molar-refractivity contribution in [2.45, 2.75) is 12.6 Å². The van der Waals surface area contributed by atoms with E-state index < -0.39 is 11.9 Å². The van der Waals surface area contributed by atoms with Gasteiger partial charge in [-0.1, -0.05) is 6.07 Å². The Morgan fingerprint density at radius 2 is 2.06 bits per heavy atom. The van der Waals surface area contributed by atoms with Crippen molar-refractivity contribution in [3.8, 4) is 0 Å². The molecule has 2 aromatic rings. The summed E-state index contributed by atoms with van der Waals surface area (Å²) in [7, 11) is 0. The van der Waals surface area contributed by atoms with Crippen molar-refractivity contribution >= 4 is 10.9 Å². The van der Waals surface area contributed by atoms with Crippen molar-refractivity contribution < 1.29 is 13.2 Å². The topological polar surface area (TPSA) is 54.7 Å². The summed E-state index contributed by atoms with van der Waals surface area (Å²) in [5.74, 6) is 0. The summed E-state index contributed by atoms with van der Waals surface area (Å²) < 4.78 is 37.7. The van der Waals surface area contributed by atoms with Gasteiger partial charge >= 0.3 is 6.18 Å². The predicted octanol–water partition coefficient (Wildman–Crippen LogP) is 2.08. The van der Waals surface area contributed by atoms with Crippen molar-refractivity contribution in [2.75, 3.05) is 6.54 Å². The lowest BCUT2D eigenvalue weighted by atomic mass is 10.1. The van der Waals surface area contributed by atoms with Crippen LogP contribution >= 0.6 is 0 Å². The monoisotopic (exact) mass is 229 g/mol. The van der Waals surface area contributed by atoms with Crippen molar-refractivity contribution in [1.82, 2.24) is 10.2 Å². The smallest absolute Gasteiger partial charge is 0.330 e. The van der Waals surface area contributed by atoms with Gasteiger partial charge in [0.2, 0.25) is 0 Å². The van der Waals surface area contributed by atoms with E-state index >= 15 is 0 Å². The van der Waals surface area contributed by atoms with Crippen molar-refractivity contribution in [2.24, 2.45) is 5.73 Å². The van der Waals surface area contributed by atoms with Crippen LogP contribution in [0.15, 0.2) is 18.2 Å². The third-order valence-electron chi connectivity index (χ3n) is 2.33. The molecule has 0 atom stereocenters. The molecule has 0 unspecified atom stereocenters. The van der Waals surface area contributed by atoms with Crippen LogP contribution in [0.3, 0.4) is 0 Å². The molecule has 0 saturated carbocycles.